The number of carbonyl (C=O) groups excluding carboxylic acids is 1. The smallest absolute Gasteiger partial charge is 0.257 e. The molecule has 0 aromatic heterocycles. The molecule has 0 spiro atoms. The van der Waals surface area contributed by atoms with Crippen molar-refractivity contribution in [2.24, 2.45) is 0 Å². The molecular formula is C12H18N2O3. The van der Waals surface area contributed by atoms with E-state index >= 15 is 0 Å². The van der Waals surface area contributed by atoms with Crippen LogP contribution in [0.5, 0.6) is 11.5 Å². The van der Waals surface area contributed by atoms with Crippen LogP contribution >= 0.6 is 0 Å². The van der Waals surface area contributed by atoms with Crippen LogP contribution in [0.25, 0.3) is 0 Å². The summed E-state index contributed by atoms with van der Waals surface area (Å²) < 4.78 is 10.6. The summed E-state index contributed by atoms with van der Waals surface area (Å²) in [7, 11) is 5.01. The fourth-order valence-electron chi connectivity index (χ4n) is 1.36. The van der Waals surface area contributed by atoms with Crippen molar-refractivity contribution < 1.29 is 14.3 Å². The lowest BCUT2D eigenvalue weighted by atomic mass is 10.2. The second-order valence-corrected chi connectivity index (χ2v) is 3.48. The predicted octanol–water partition coefficient (Wildman–Crippen LogP) is 0.539. The summed E-state index contributed by atoms with van der Waals surface area (Å²) in [6, 6.07) is 5.63. The molecule has 0 heterocycles. The van der Waals surface area contributed by atoms with Gasteiger partial charge in [0.2, 0.25) is 0 Å². The van der Waals surface area contributed by atoms with Gasteiger partial charge < -0.3 is 20.1 Å². The molecule has 0 aliphatic carbocycles. The number of carbonyl (C=O) groups is 1. The molecule has 2 N–H and O–H groups in total. The molecule has 1 amide bonds. The lowest BCUT2D eigenvalue weighted by Crippen LogP contribution is -2.25. The van der Waals surface area contributed by atoms with E-state index < -0.39 is 0 Å². The second kappa shape index (κ2) is 6.75. The summed E-state index contributed by atoms with van der Waals surface area (Å²) in [6.07, 6.45) is 0. The Bertz CT molecular complexity index is 380. The number of nitrogens with one attached hydrogen (secondary N) is 2. The first kappa shape index (κ1) is 13.3. The topological polar surface area (TPSA) is 59.6 Å². The predicted molar refractivity (Wildman–Crippen MR) is 65.3 cm³/mol. The third kappa shape index (κ3) is 3.96. The van der Waals surface area contributed by atoms with Gasteiger partial charge >= 0.3 is 0 Å². The zero-order valence-corrected chi connectivity index (χ0v) is 10.4. The van der Waals surface area contributed by atoms with Crippen molar-refractivity contribution in [1.82, 2.24) is 10.6 Å². The van der Waals surface area contributed by atoms with E-state index in [2.05, 4.69) is 10.6 Å². The van der Waals surface area contributed by atoms with Gasteiger partial charge in [0, 0.05) is 13.6 Å². The molecule has 0 saturated carbocycles. The average molecular weight is 238 g/mol. The number of benzene rings is 1. The number of rotatable bonds is 6. The van der Waals surface area contributed by atoms with E-state index in [-0.39, 0.29) is 12.5 Å². The summed E-state index contributed by atoms with van der Waals surface area (Å²) in [5.41, 5.74) is 1.07. The molecule has 94 valence electrons. The molecule has 0 unspecified atom stereocenters. The fourth-order valence-corrected chi connectivity index (χ4v) is 1.36. The zero-order valence-electron chi connectivity index (χ0n) is 10.4. The summed E-state index contributed by atoms with van der Waals surface area (Å²) in [6.45, 7) is 0.718. The van der Waals surface area contributed by atoms with Gasteiger partial charge in [0.15, 0.2) is 18.1 Å². The van der Waals surface area contributed by atoms with E-state index in [1.165, 1.54) is 0 Å². The van der Waals surface area contributed by atoms with E-state index in [0.29, 0.717) is 11.5 Å². The van der Waals surface area contributed by atoms with Crippen LogP contribution in [0.2, 0.25) is 0 Å². The van der Waals surface area contributed by atoms with Crippen molar-refractivity contribution in [2.45, 2.75) is 6.54 Å². The molecule has 0 fully saturated rings. The Kier molecular flexibility index (Phi) is 5.29. The fraction of sp³-hybridized carbons (Fsp3) is 0.417. The van der Waals surface area contributed by atoms with E-state index in [9.17, 15) is 4.79 Å². The van der Waals surface area contributed by atoms with Crippen LogP contribution in [0, 0.1) is 0 Å². The first-order valence-electron chi connectivity index (χ1n) is 5.36. The highest BCUT2D eigenvalue weighted by molar-refractivity contribution is 5.77. The quantitative estimate of drug-likeness (QED) is 0.759. The number of methoxy groups -OCH3 is 1. The van der Waals surface area contributed by atoms with Crippen LogP contribution in [0.4, 0.5) is 0 Å². The maximum Gasteiger partial charge on any atom is 0.257 e. The van der Waals surface area contributed by atoms with Gasteiger partial charge in [0.25, 0.3) is 5.91 Å². The van der Waals surface area contributed by atoms with E-state index in [0.717, 1.165) is 12.1 Å². The molecule has 0 aliphatic heterocycles. The minimum atomic E-state index is -0.175. The van der Waals surface area contributed by atoms with Gasteiger partial charge in [-0.05, 0) is 24.7 Å². The Morgan fingerprint density at radius 1 is 1.29 bits per heavy atom. The molecule has 0 bridgehead atoms. The number of likely N-dealkylation sites (N-methyl/N-ethyl adjacent to an activating group) is 1. The lowest BCUT2D eigenvalue weighted by molar-refractivity contribution is -0.122. The first-order valence-corrected chi connectivity index (χ1v) is 5.36. The Balaban J connectivity index is 2.78. The van der Waals surface area contributed by atoms with Crippen molar-refractivity contribution >= 4 is 5.91 Å². The SMILES string of the molecule is CNCc1ccc(OC)c(OCC(=O)NC)c1. The zero-order chi connectivity index (χ0) is 12.7. The minimum Gasteiger partial charge on any atom is -0.493 e. The van der Waals surface area contributed by atoms with Gasteiger partial charge in [-0.15, -0.1) is 0 Å². The molecule has 0 radical (unpaired) electrons. The van der Waals surface area contributed by atoms with Gasteiger partial charge in [0.05, 0.1) is 7.11 Å². The van der Waals surface area contributed by atoms with Gasteiger partial charge in [-0.25, -0.2) is 0 Å². The average Bonchev–Trinajstić information content (AvgIpc) is 2.36. The highest BCUT2D eigenvalue weighted by Gasteiger charge is 2.07. The van der Waals surface area contributed by atoms with Crippen LogP contribution in [0.3, 0.4) is 0 Å². The number of hydrogen-bond donors (Lipinski definition) is 2. The summed E-state index contributed by atoms with van der Waals surface area (Å²) in [5.74, 6) is 1.02. The molecule has 0 atom stereocenters. The highest BCUT2D eigenvalue weighted by atomic mass is 16.5. The number of hydrogen-bond acceptors (Lipinski definition) is 4. The molecule has 5 heteroatoms. The standard InChI is InChI=1S/C12H18N2O3/c1-13-7-9-4-5-10(16-3)11(6-9)17-8-12(15)14-2/h4-6,13H,7-8H2,1-3H3,(H,14,15). The monoisotopic (exact) mass is 238 g/mol. The second-order valence-electron chi connectivity index (χ2n) is 3.48. The van der Waals surface area contributed by atoms with Crippen molar-refractivity contribution in [2.75, 3.05) is 27.8 Å². The first-order chi connectivity index (χ1) is 8.21. The van der Waals surface area contributed by atoms with Crippen molar-refractivity contribution in [1.29, 1.82) is 0 Å². The molecule has 5 nitrogen and oxygen atoms in total. The van der Waals surface area contributed by atoms with Crippen LogP contribution in [-0.2, 0) is 11.3 Å². The number of amides is 1. The maximum atomic E-state index is 11.1. The lowest BCUT2D eigenvalue weighted by Gasteiger charge is -2.11. The maximum absolute atomic E-state index is 11.1. The van der Waals surface area contributed by atoms with Gasteiger partial charge in [0.1, 0.15) is 0 Å². The van der Waals surface area contributed by atoms with Gasteiger partial charge in [-0.3, -0.25) is 4.79 Å². The van der Waals surface area contributed by atoms with E-state index in [1.807, 2.05) is 25.2 Å². The van der Waals surface area contributed by atoms with E-state index in [1.54, 1.807) is 14.2 Å². The molecule has 1 rings (SSSR count). The van der Waals surface area contributed by atoms with Crippen LogP contribution < -0.4 is 20.1 Å². The van der Waals surface area contributed by atoms with E-state index in [4.69, 9.17) is 9.47 Å². The van der Waals surface area contributed by atoms with Crippen molar-refractivity contribution in [3.8, 4) is 11.5 Å². The van der Waals surface area contributed by atoms with Crippen LogP contribution in [0.15, 0.2) is 18.2 Å². The Morgan fingerprint density at radius 3 is 2.65 bits per heavy atom. The summed E-state index contributed by atoms with van der Waals surface area (Å²) >= 11 is 0. The van der Waals surface area contributed by atoms with Crippen molar-refractivity contribution in [3.05, 3.63) is 23.8 Å². The normalized spacial score (nSPS) is 9.82. The Labute approximate surface area is 101 Å². The molecule has 0 saturated heterocycles. The van der Waals surface area contributed by atoms with Crippen LogP contribution in [0.1, 0.15) is 5.56 Å². The Hall–Kier alpha value is -1.75. The highest BCUT2D eigenvalue weighted by Crippen LogP contribution is 2.27. The van der Waals surface area contributed by atoms with Crippen molar-refractivity contribution in [3.63, 3.8) is 0 Å². The molecule has 1 aromatic carbocycles. The van der Waals surface area contributed by atoms with Gasteiger partial charge in [-0.1, -0.05) is 6.07 Å². The molecule has 17 heavy (non-hydrogen) atoms. The van der Waals surface area contributed by atoms with Gasteiger partial charge in [-0.2, -0.15) is 0 Å². The molecule has 0 aliphatic rings. The molecule has 1 aromatic rings. The third-order valence-electron chi connectivity index (χ3n) is 2.25. The molecular weight excluding hydrogens is 220 g/mol. The largest absolute Gasteiger partial charge is 0.493 e. The summed E-state index contributed by atoms with van der Waals surface area (Å²) in [4.78, 5) is 11.1. The number of ether oxygens (including phenoxy) is 2. The Morgan fingerprint density at radius 2 is 2.06 bits per heavy atom. The summed E-state index contributed by atoms with van der Waals surface area (Å²) in [5, 5.41) is 5.54. The third-order valence-corrected chi connectivity index (χ3v) is 2.25. The minimum absolute atomic E-state index is 0.0180. The van der Waals surface area contributed by atoms with Crippen LogP contribution in [-0.4, -0.2) is 33.7 Å².